The molecule has 0 aliphatic heterocycles. The molecule has 0 atom stereocenters. The number of carbonyl (C=O) groups is 3. The number of carboxylic acid groups (broad SMARTS) is 1. The van der Waals surface area contributed by atoms with Crippen molar-refractivity contribution in [3.05, 3.63) is 0 Å². The van der Waals surface area contributed by atoms with Crippen molar-refractivity contribution < 1.29 is 24.0 Å². The predicted molar refractivity (Wildman–Crippen MR) is 161 cm³/mol. The third kappa shape index (κ3) is 14.8. The quantitative estimate of drug-likeness (QED) is 0.0612. The number of quaternary nitrogens is 1. The normalized spacial score (nSPS) is 12.1. The fourth-order valence-electron chi connectivity index (χ4n) is 5.69. The first-order chi connectivity index (χ1) is 18.2. The van der Waals surface area contributed by atoms with E-state index in [1.807, 2.05) is 0 Å². The molecule has 0 aromatic rings. The lowest BCUT2D eigenvalue weighted by Gasteiger charge is -2.40. The summed E-state index contributed by atoms with van der Waals surface area (Å²) in [5, 5.41) is 10.2. The van der Waals surface area contributed by atoms with Crippen molar-refractivity contribution in [2.75, 3.05) is 21.1 Å². The second kappa shape index (κ2) is 22.6. The molecule has 38 heavy (non-hydrogen) atoms. The Labute approximate surface area is 236 Å². The molecule has 0 bridgehead atoms. The molecule has 224 valence electrons. The van der Waals surface area contributed by atoms with Gasteiger partial charge in [-0.3, -0.25) is 9.59 Å². The minimum atomic E-state index is -1.99. The number of nitrogens with zero attached hydrogens (tertiary/aromatic N) is 1. The van der Waals surface area contributed by atoms with E-state index in [0.717, 1.165) is 25.7 Å². The van der Waals surface area contributed by atoms with Gasteiger partial charge in [-0.25, -0.2) is 4.79 Å². The molecule has 0 aromatic heterocycles. The largest absolute Gasteiger partial charge is 0.476 e. The number of carboxylic acids is 1. The van der Waals surface area contributed by atoms with Crippen molar-refractivity contribution in [1.82, 2.24) is 0 Å². The van der Waals surface area contributed by atoms with Crippen molar-refractivity contribution in [3.8, 4) is 0 Å². The summed E-state index contributed by atoms with van der Waals surface area (Å²) in [7, 11) is 5.01. The summed E-state index contributed by atoms with van der Waals surface area (Å²) >= 11 is 0. The zero-order valence-electron chi connectivity index (χ0n) is 26.1. The number of ketones is 2. The van der Waals surface area contributed by atoms with Gasteiger partial charge < -0.3 is 9.59 Å². The summed E-state index contributed by atoms with van der Waals surface area (Å²) in [5.74, 6) is -2.12. The number of hydrogen-bond acceptors (Lipinski definition) is 3. The van der Waals surface area contributed by atoms with Gasteiger partial charge in [-0.15, -0.1) is 0 Å². The van der Waals surface area contributed by atoms with Crippen LogP contribution in [-0.4, -0.2) is 53.8 Å². The number of Topliss-reactive ketones (excluding diaryl/α,β-unsaturated/α-hetero) is 2. The highest BCUT2D eigenvalue weighted by Gasteiger charge is 2.62. The van der Waals surface area contributed by atoms with Crippen LogP contribution in [-0.2, 0) is 14.4 Å². The van der Waals surface area contributed by atoms with Crippen LogP contribution in [0.1, 0.15) is 168 Å². The number of rotatable bonds is 28. The van der Waals surface area contributed by atoms with E-state index in [1.54, 1.807) is 21.1 Å². The Balaban J connectivity index is 4.46. The predicted octanol–water partition coefficient (Wildman–Crippen LogP) is 9.06. The molecule has 0 fully saturated rings. The van der Waals surface area contributed by atoms with Crippen LogP contribution in [0, 0.1) is 0 Å². The summed E-state index contributed by atoms with van der Waals surface area (Å²) < 4.78 is -0.184. The molecule has 0 amide bonds. The molecule has 1 N–H and O–H groups in total. The Morgan fingerprint density at radius 2 is 0.711 bits per heavy atom. The fourth-order valence-corrected chi connectivity index (χ4v) is 5.69. The molecule has 5 nitrogen and oxygen atoms in total. The Bertz CT molecular complexity index is 585. The molecule has 0 spiro atoms. The first-order valence-corrected chi connectivity index (χ1v) is 16.3. The third-order valence-electron chi connectivity index (χ3n) is 8.14. The molecular formula is C33H64NO4+. The van der Waals surface area contributed by atoms with E-state index in [4.69, 9.17) is 0 Å². The molecule has 0 saturated carbocycles. The Morgan fingerprint density at radius 1 is 0.474 bits per heavy atom. The zero-order valence-corrected chi connectivity index (χ0v) is 26.1. The van der Waals surface area contributed by atoms with Crippen molar-refractivity contribution in [2.45, 2.75) is 173 Å². The molecule has 0 unspecified atom stereocenters. The average Bonchev–Trinajstić information content (AvgIpc) is 2.85. The van der Waals surface area contributed by atoms with Gasteiger partial charge in [-0.1, -0.05) is 142 Å². The summed E-state index contributed by atoms with van der Waals surface area (Å²) in [4.78, 5) is 39.2. The monoisotopic (exact) mass is 538 g/mol. The van der Waals surface area contributed by atoms with Crippen molar-refractivity contribution in [1.29, 1.82) is 0 Å². The molecule has 0 rings (SSSR count). The zero-order chi connectivity index (χ0) is 28.7. The molecule has 0 aromatic carbocycles. The topological polar surface area (TPSA) is 71.4 Å². The van der Waals surface area contributed by atoms with Crippen LogP contribution in [0.15, 0.2) is 0 Å². The molecule has 0 aliphatic rings. The lowest BCUT2D eigenvalue weighted by Crippen LogP contribution is -2.71. The summed E-state index contributed by atoms with van der Waals surface area (Å²) in [6.45, 7) is 4.47. The van der Waals surface area contributed by atoms with Crippen LogP contribution in [0.3, 0.4) is 0 Å². The highest BCUT2D eigenvalue weighted by molar-refractivity contribution is 6.25. The Kier molecular flexibility index (Phi) is 21.8. The second-order valence-electron chi connectivity index (χ2n) is 12.4. The maximum absolute atomic E-state index is 13.3. The highest BCUT2D eigenvalue weighted by Crippen LogP contribution is 2.28. The van der Waals surface area contributed by atoms with Gasteiger partial charge in [-0.2, -0.15) is 0 Å². The number of likely N-dealkylation sites (N-methyl/N-ethyl adjacent to an activating group) is 1. The minimum Gasteiger partial charge on any atom is -0.476 e. The first-order valence-electron chi connectivity index (χ1n) is 16.3. The summed E-state index contributed by atoms with van der Waals surface area (Å²) in [6.07, 6.45) is 26.2. The lowest BCUT2D eigenvalue weighted by atomic mass is 9.81. The highest BCUT2D eigenvalue weighted by atomic mass is 16.4. The smallest absolute Gasteiger partial charge is 0.382 e. The van der Waals surface area contributed by atoms with Crippen molar-refractivity contribution >= 4 is 17.5 Å². The van der Waals surface area contributed by atoms with Gasteiger partial charge in [0.25, 0.3) is 0 Å². The maximum atomic E-state index is 13.3. The van der Waals surface area contributed by atoms with E-state index in [0.29, 0.717) is 12.8 Å². The Hall–Kier alpha value is -1.23. The van der Waals surface area contributed by atoms with Crippen molar-refractivity contribution in [3.63, 3.8) is 0 Å². The van der Waals surface area contributed by atoms with Crippen LogP contribution in [0.2, 0.25) is 0 Å². The van der Waals surface area contributed by atoms with Crippen LogP contribution >= 0.6 is 0 Å². The van der Waals surface area contributed by atoms with E-state index in [-0.39, 0.29) is 17.3 Å². The van der Waals surface area contributed by atoms with Gasteiger partial charge in [0, 0.05) is 12.8 Å². The van der Waals surface area contributed by atoms with Crippen LogP contribution in [0.25, 0.3) is 0 Å². The SMILES string of the molecule is CCCCCCCCCCCCCC(=O)C(C(=O)O)(C(=O)CCCCCCCCCCCCC)[N+](C)(C)C. The standard InChI is InChI=1S/C33H63NO4/c1-6-8-10-12-14-16-18-20-22-24-26-28-30(35)33(32(37)38,34(3,4)5)31(36)29-27-25-23-21-19-17-15-13-11-9-7-2/h6-29H2,1-5H3/p+1. The van der Waals surface area contributed by atoms with E-state index in [2.05, 4.69) is 13.8 Å². The summed E-state index contributed by atoms with van der Waals surface area (Å²) in [5.41, 5.74) is -1.99. The number of unbranched alkanes of at least 4 members (excludes halogenated alkanes) is 20. The average molecular weight is 539 g/mol. The van der Waals surface area contributed by atoms with Gasteiger partial charge in [0.2, 0.25) is 11.6 Å². The van der Waals surface area contributed by atoms with E-state index in [1.165, 1.54) is 103 Å². The number of hydrogen-bond donors (Lipinski definition) is 1. The molecule has 0 heterocycles. The second-order valence-corrected chi connectivity index (χ2v) is 12.4. The van der Waals surface area contributed by atoms with Crippen LogP contribution < -0.4 is 0 Å². The lowest BCUT2D eigenvalue weighted by molar-refractivity contribution is -0.893. The van der Waals surface area contributed by atoms with Crippen molar-refractivity contribution in [2.24, 2.45) is 0 Å². The van der Waals surface area contributed by atoms with Gasteiger partial charge in [0.1, 0.15) is 0 Å². The van der Waals surface area contributed by atoms with E-state index in [9.17, 15) is 19.5 Å². The third-order valence-corrected chi connectivity index (χ3v) is 8.14. The van der Waals surface area contributed by atoms with Gasteiger partial charge >= 0.3 is 11.5 Å². The molecule has 0 radical (unpaired) electrons. The number of aliphatic carboxylic acids is 1. The van der Waals surface area contributed by atoms with Gasteiger partial charge in [-0.05, 0) is 12.8 Å². The van der Waals surface area contributed by atoms with E-state index >= 15 is 0 Å². The first kappa shape index (κ1) is 36.8. The molecule has 0 saturated heterocycles. The molecule has 0 aliphatic carbocycles. The van der Waals surface area contributed by atoms with Crippen LogP contribution in [0.4, 0.5) is 0 Å². The summed E-state index contributed by atoms with van der Waals surface area (Å²) in [6, 6.07) is 0. The fraction of sp³-hybridized carbons (Fsp3) is 0.909. The maximum Gasteiger partial charge on any atom is 0.382 e. The molecular weight excluding hydrogens is 474 g/mol. The Morgan fingerprint density at radius 3 is 0.921 bits per heavy atom. The van der Waals surface area contributed by atoms with Gasteiger partial charge in [0.15, 0.2) is 0 Å². The van der Waals surface area contributed by atoms with E-state index < -0.39 is 23.1 Å². The molecule has 5 heteroatoms. The minimum absolute atomic E-state index is 0.169. The number of carbonyl (C=O) groups excluding carboxylic acids is 2. The van der Waals surface area contributed by atoms with Gasteiger partial charge in [0.05, 0.1) is 21.1 Å². The van der Waals surface area contributed by atoms with Crippen LogP contribution in [0.5, 0.6) is 0 Å².